The monoisotopic (exact) mass is 267 g/mol. The summed E-state index contributed by atoms with van der Waals surface area (Å²) in [4.78, 5) is 17.0. The summed E-state index contributed by atoms with van der Waals surface area (Å²) >= 11 is 0. The molecule has 0 bridgehead atoms. The molecule has 1 heterocycles. The van der Waals surface area contributed by atoms with Gasteiger partial charge in [0.2, 0.25) is 0 Å². The van der Waals surface area contributed by atoms with E-state index in [1.54, 1.807) is 6.20 Å². The number of nitrogens with two attached hydrogens (primary N) is 2. The Kier molecular flexibility index (Phi) is 2.74. The maximum Gasteiger partial charge on any atom is 0.177 e. The zero-order valence-electron chi connectivity index (χ0n) is 11.4. The first-order chi connectivity index (χ1) is 9.54. The topological polar surface area (TPSA) is 82.0 Å². The molecule has 0 radical (unpaired) electrons. The lowest BCUT2D eigenvalue weighted by Gasteiger charge is -2.17. The number of aromatic nitrogens is 1. The van der Waals surface area contributed by atoms with Crippen LogP contribution < -0.4 is 11.5 Å². The summed E-state index contributed by atoms with van der Waals surface area (Å²) in [6.07, 6.45) is 3.33. The molecule has 2 aromatic rings. The predicted octanol–water partition coefficient (Wildman–Crippen LogP) is 2.47. The number of hydrogen-bond acceptors (Lipinski definition) is 4. The van der Waals surface area contributed by atoms with Crippen molar-refractivity contribution in [1.29, 1.82) is 0 Å². The summed E-state index contributed by atoms with van der Waals surface area (Å²) in [5, 5.41) is 0. The van der Waals surface area contributed by atoms with Crippen LogP contribution >= 0.6 is 0 Å². The zero-order chi connectivity index (χ0) is 14.3. The Balaban J connectivity index is 2.04. The Bertz CT molecular complexity index is 652. The third-order valence-corrected chi connectivity index (χ3v) is 4.06. The summed E-state index contributed by atoms with van der Waals surface area (Å²) in [5.74, 6) is 0.391. The summed E-state index contributed by atoms with van der Waals surface area (Å²) in [7, 11) is 0. The van der Waals surface area contributed by atoms with Crippen LogP contribution in [0.2, 0.25) is 0 Å². The molecule has 1 aromatic carbocycles. The number of rotatable bonds is 3. The van der Waals surface area contributed by atoms with Crippen molar-refractivity contribution in [2.75, 3.05) is 11.5 Å². The van der Waals surface area contributed by atoms with Gasteiger partial charge in [0, 0.05) is 11.9 Å². The average Bonchev–Trinajstić information content (AvgIpc) is 3.20. The van der Waals surface area contributed by atoms with Gasteiger partial charge in [-0.15, -0.1) is 0 Å². The normalized spacial score (nSPS) is 15.8. The number of hydrogen-bond donors (Lipinski definition) is 2. The molecule has 1 saturated carbocycles. The van der Waals surface area contributed by atoms with E-state index in [0.717, 1.165) is 24.0 Å². The van der Waals surface area contributed by atoms with E-state index in [1.165, 1.54) is 0 Å². The fourth-order valence-electron chi connectivity index (χ4n) is 2.69. The van der Waals surface area contributed by atoms with Gasteiger partial charge in [0.05, 0.1) is 11.0 Å². The Morgan fingerprint density at radius 3 is 2.35 bits per heavy atom. The van der Waals surface area contributed by atoms with Crippen LogP contribution in [0.3, 0.4) is 0 Å². The Hall–Kier alpha value is -2.36. The standard InChI is InChI=1S/C16H17N3O/c1-10-6-9-19-15(18)13(10)14(20)16(7-8-16)11-2-4-12(17)5-3-11/h2-6,9H,7-8,17H2,1H3,(H2,18,19). The van der Waals surface area contributed by atoms with E-state index in [2.05, 4.69) is 4.98 Å². The second kappa shape index (κ2) is 4.34. The predicted molar refractivity (Wildman–Crippen MR) is 79.5 cm³/mol. The number of ketones is 1. The molecule has 4 N–H and O–H groups in total. The van der Waals surface area contributed by atoms with E-state index in [0.29, 0.717) is 17.1 Å². The number of nitrogens with zero attached hydrogens (tertiary/aromatic N) is 1. The van der Waals surface area contributed by atoms with Crippen molar-refractivity contribution in [1.82, 2.24) is 4.98 Å². The molecular weight excluding hydrogens is 250 g/mol. The van der Waals surface area contributed by atoms with Gasteiger partial charge in [0.1, 0.15) is 5.82 Å². The van der Waals surface area contributed by atoms with Gasteiger partial charge >= 0.3 is 0 Å². The smallest absolute Gasteiger partial charge is 0.177 e. The van der Waals surface area contributed by atoms with Crippen LogP contribution in [0.25, 0.3) is 0 Å². The van der Waals surface area contributed by atoms with Gasteiger partial charge in [-0.1, -0.05) is 12.1 Å². The van der Waals surface area contributed by atoms with Crippen molar-refractivity contribution in [2.24, 2.45) is 0 Å². The molecule has 0 amide bonds. The average molecular weight is 267 g/mol. The first-order valence-corrected chi connectivity index (χ1v) is 6.66. The van der Waals surface area contributed by atoms with Crippen molar-refractivity contribution in [3.8, 4) is 0 Å². The van der Waals surface area contributed by atoms with Crippen molar-refractivity contribution < 1.29 is 4.79 Å². The maximum absolute atomic E-state index is 12.9. The maximum atomic E-state index is 12.9. The van der Waals surface area contributed by atoms with Crippen LogP contribution in [0.15, 0.2) is 36.5 Å². The number of carbonyl (C=O) groups excluding carboxylic acids is 1. The molecule has 20 heavy (non-hydrogen) atoms. The van der Waals surface area contributed by atoms with Gasteiger partial charge < -0.3 is 11.5 Å². The van der Waals surface area contributed by atoms with Crippen LogP contribution in [-0.4, -0.2) is 10.8 Å². The highest BCUT2D eigenvalue weighted by molar-refractivity contribution is 6.09. The number of anilines is 2. The van der Waals surface area contributed by atoms with Crippen molar-refractivity contribution in [3.63, 3.8) is 0 Å². The molecule has 4 heteroatoms. The molecule has 4 nitrogen and oxygen atoms in total. The highest BCUT2D eigenvalue weighted by atomic mass is 16.1. The largest absolute Gasteiger partial charge is 0.399 e. The fourth-order valence-corrected chi connectivity index (χ4v) is 2.69. The number of aryl methyl sites for hydroxylation is 1. The van der Waals surface area contributed by atoms with Crippen molar-refractivity contribution in [3.05, 3.63) is 53.2 Å². The summed E-state index contributed by atoms with van der Waals surface area (Å²) in [6, 6.07) is 9.36. The lowest BCUT2D eigenvalue weighted by Crippen LogP contribution is -2.23. The molecule has 0 unspecified atom stereocenters. The highest BCUT2D eigenvalue weighted by Gasteiger charge is 2.52. The second-order valence-electron chi connectivity index (χ2n) is 5.42. The summed E-state index contributed by atoms with van der Waals surface area (Å²) in [6.45, 7) is 1.89. The summed E-state index contributed by atoms with van der Waals surface area (Å²) in [5.41, 5.74) is 14.3. The molecule has 1 fully saturated rings. The Labute approximate surface area is 117 Å². The van der Waals surface area contributed by atoms with Gasteiger partial charge in [-0.3, -0.25) is 4.79 Å². The van der Waals surface area contributed by atoms with Gasteiger partial charge in [-0.25, -0.2) is 4.98 Å². The molecule has 0 spiro atoms. The van der Waals surface area contributed by atoms with Crippen LogP contribution in [0.5, 0.6) is 0 Å². The van der Waals surface area contributed by atoms with Crippen LogP contribution in [0, 0.1) is 6.92 Å². The van der Waals surface area contributed by atoms with E-state index in [9.17, 15) is 4.79 Å². The van der Waals surface area contributed by atoms with Gasteiger partial charge in [-0.2, -0.15) is 0 Å². The SMILES string of the molecule is Cc1ccnc(N)c1C(=O)C1(c2ccc(N)cc2)CC1. The highest BCUT2D eigenvalue weighted by Crippen LogP contribution is 2.51. The zero-order valence-corrected chi connectivity index (χ0v) is 11.4. The number of nitrogen functional groups attached to an aromatic ring is 2. The Morgan fingerprint density at radius 2 is 1.80 bits per heavy atom. The first-order valence-electron chi connectivity index (χ1n) is 6.66. The fraction of sp³-hybridized carbons (Fsp3) is 0.250. The lowest BCUT2D eigenvalue weighted by atomic mass is 9.86. The quantitative estimate of drug-likeness (QED) is 0.661. The minimum absolute atomic E-state index is 0.0744. The molecule has 1 aliphatic carbocycles. The molecule has 3 rings (SSSR count). The summed E-state index contributed by atoms with van der Waals surface area (Å²) < 4.78 is 0. The van der Waals surface area contributed by atoms with E-state index in [1.807, 2.05) is 37.3 Å². The number of pyridine rings is 1. The van der Waals surface area contributed by atoms with E-state index in [-0.39, 0.29) is 5.78 Å². The number of carbonyl (C=O) groups is 1. The third-order valence-electron chi connectivity index (χ3n) is 4.06. The molecule has 102 valence electrons. The van der Waals surface area contributed by atoms with Crippen LogP contribution in [0.4, 0.5) is 11.5 Å². The minimum atomic E-state index is -0.435. The molecule has 0 atom stereocenters. The molecular formula is C16H17N3O. The van der Waals surface area contributed by atoms with Crippen LogP contribution in [0.1, 0.15) is 34.3 Å². The van der Waals surface area contributed by atoms with Crippen molar-refractivity contribution >= 4 is 17.3 Å². The Morgan fingerprint density at radius 1 is 1.15 bits per heavy atom. The molecule has 0 saturated heterocycles. The van der Waals surface area contributed by atoms with E-state index < -0.39 is 5.41 Å². The minimum Gasteiger partial charge on any atom is -0.399 e. The van der Waals surface area contributed by atoms with E-state index >= 15 is 0 Å². The van der Waals surface area contributed by atoms with Crippen molar-refractivity contribution in [2.45, 2.75) is 25.2 Å². The van der Waals surface area contributed by atoms with E-state index in [4.69, 9.17) is 11.5 Å². The molecule has 1 aromatic heterocycles. The van der Waals surface area contributed by atoms with Crippen LogP contribution in [-0.2, 0) is 5.41 Å². The lowest BCUT2D eigenvalue weighted by molar-refractivity contribution is 0.0946. The van der Waals surface area contributed by atoms with Gasteiger partial charge in [0.25, 0.3) is 0 Å². The number of Topliss-reactive ketones (excluding diaryl/α,β-unsaturated/α-hetero) is 1. The first kappa shape index (κ1) is 12.7. The van der Waals surface area contributed by atoms with Gasteiger partial charge in [0.15, 0.2) is 5.78 Å². The molecule has 0 aliphatic heterocycles. The number of benzene rings is 1. The second-order valence-corrected chi connectivity index (χ2v) is 5.42. The van der Waals surface area contributed by atoms with Gasteiger partial charge in [-0.05, 0) is 49.1 Å². The molecule has 1 aliphatic rings. The third kappa shape index (κ3) is 1.84.